The normalized spacial score (nSPS) is 17.1. The first-order valence-corrected chi connectivity index (χ1v) is 13.5. The van der Waals surface area contributed by atoms with Gasteiger partial charge in [0.25, 0.3) is 0 Å². The Morgan fingerprint density at radius 2 is 1.76 bits per heavy atom. The van der Waals surface area contributed by atoms with Crippen LogP contribution in [0.1, 0.15) is 19.5 Å². The number of sulfone groups is 1. The number of benzene rings is 3. The lowest BCUT2D eigenvalue weighted by atomic mass is 10.0. The molecule has 2 amide bonds. The lowest BCUT2D eigenvalue weighted by molar-refractivity contribution is -0.127. The van der Waals surface area contributed by atoms with Crippen LogP contribution in [0.2, 0.25) is 0 Å². The molecule has 0 radical (unpaired) electrons. The van der Waals surface area contributed by atoms with Gasteiger partial charge in [0.2, 0.25) is 11.8 Å². The van der Waals surface area contributed by atoms with Crippen LogP contribution in [0.3, 0.4) is 0 Å². The highest BCUT2D eigenvalue weighted by Crippen LogP contribution is 2.29. The molecule has 1 aliphatic rings. The minimum Gasteiger partial charge on any atom is -0.497 e. The molecule has 0 saturated carbocycles. The quantitative estimate of drug-likeness (QED) is 0.425. The van der Waals surface area contributed by atoms with E-state index in [1.54, 1.807) is 80.9 Å². The van der Waals surface area contributed by atoms with Gasteiger partial charge >= 0.3 is 0 Å². The monoisotopic (exact) mass is 521 g/mol. The molecule has 194 valence electrons. The van der Waals surface area contributed by atoms with Crippen molar-refractivity contribution >= 4 is 38.2 Å². The van der Waals surface area contributed by atoms with Gasteiger partial charge in [-0.05, 0) is 41.5 Å². The van der Waals surface area contributed by atoms with Crippen LogP contribution in [0.25, 0.3) is 10.9 Å². The van der Waals surface area contributed by atoms with E-state index in [1.807, 2.05) is 6.07 Å². The van der Waals surface area contributed by atoms with Crippen LogP contribution in [0.4, 0.5) is 5.69 Å². The summed E-state index contributed by atoms with van der Waals surface area (Å²) in [7, 11) is -0.526. The van der Waals surface area contributed by atoms with Crippen molar-refractivity contribution in [3.05, 3.63) is 89.5 Å². The van der Waals surface area contributed by atoms with Gasteiger partial charge in [-0.25, -0.2) is 8.42 Å². The molecule has 0 fully saturated rings. The maximum Gasteiger partial charge on any atom is 0.249 e. The SMILES string of the molecule is COc1ccc(N(C)C(=O)[C@@H]2Cc3cccc(c3)CS(=O)(=O)c3[nH]c4ccccc4c3CC(=O)N2)cc1.[HH].[HH]. The van der Waals surface area contributed by atoms with E-state index >= 15 is 0 Å². The second kappa shape index (κ2) is 9.74. The van der Waals surface area contributed by atoms with Gasteiger partial charge in [0, 0.05) is 38.5 Å². The highest BCUT2D eigenvalue weighted by atomic mass is 32.2. The zero-order valence-electron chi connectivity index (χ0n) is 20.5. The number of nitrogens with one attached hydrogen (secondary N) is 2. The molecule has 1 aromatic heterocycles. The van der Waals surface area contributed by atoms with Crippen LogP contribution in [0.5, 0.6) is 5.75 Å². The number of rotatable bonds is 3. The molecule has 4 aromatic rings. The summed E-state index contributed by atoms with van der Waals surface area (Å²) in [5.74, 6) is -0.260. The van der Waals surface area contributed by atoms with Crippen molar-refractivity contribution in [2.45, 2.75) is 29.7 Å². The van der Waals surface area contributed by atoms with Crippen LogP contribution >= 0.6 is 0 Å². The van der Waals surface area contributed by atoms with Gasteiger partial charge in [-0.15, -0.1) is 0 Å². The number of hydrogen-bond acceptors (Lipinski definition) is 5. The van der Waals surface area contributed by atoms with Gasteiger partial charge < -0.3 is 19.9 Å². The molecule has 0 saturated heterocycles. The number of carbonyl (C=O) groups excluding carboxylic acids is 2. The third-order valence-electron chi connectivity index (χ3n) is 6.63. The molecule has 3 aromatic carbocycles. The predicted molar refractivity (Wildman–Crippen MR) is 146 cm³/mol. The van der Waals surface area contributed by atoms with Gasteiger partial charge in [-0.2, -0.15) is 0 Å². The Morgan fingerprint density at radius 1 is 1.03 bits per heavy atom. The third kappa shape index (κ3) is 4.95. The van der Waals surface area contributed by atoms with Crippen molar-refractivity contribution in [2.75, 3.05) is 19.1 Å². The van der Waals surface area contributed by atoms with E-state index in [0.717, 1.165) is 5.56 Å². The average molecular weight is 522 g/mol. The lowest BCUT2D eigenvalue weighted by Crippen LogP contribution is -2.49. The zero-order valence-corrected chi connectivity index (χ0v) is 21.3. The molecule has 9 heteroatoms. The molecule has 2 bridgehead atoms. The topological polar surface area (TPSA) is 109 Å². The summed E-state index contributed by atoms with van der Waals surface area (Å²) >= 11 is 0. The van der Waals surface area contributed by atoms with Crippen LogP contribution in [0, 0.1) is 0 Å². The Hall–Kier alpha value is -4.11. The number of aromatic nitrogens is 1. The number of aromatic amines is 1. The first-order valence-electron chi connectivity index (χ1n) is 11.9. The molecule has 1 atom stereocenters. The molecule has 5 rings (SSSR count). The van der Waals surface area contributed by atoms with E-state index < -0.39 is 21.8 Å². The predicted octanol–water partition coefficient (Wildman–Crippen LogP) is 3.89. The van der Waals surface area contributed by atoms with Crippen LogP contribution in [-0.4, -0.2) is 45.4 Å². The number of ether oxygens (including phenoxy) is 1. The number of H-pyrrole nitrogens is 1. The largest absolute Gasteiger partial charge is 0.497 e. The Labute approximate surface area is 218 Å². The Kier molecular flexibility index (Phi) is 6.47. The fourth-order valence-corrected chi connectivity index (χ4v) is 6.35. The highest BCUT2D eigenvalue weighted by molar-refractivity contribution is 7.90. The number of nitrogens with zero attached hydrogens (tertiary/aromatic N) is 1. The summed E-state index contributed by atoms with van der Waals surface area (Å²) in [4.78, 5) is 31.4. The van der Waals surface area contributed by atoms with Crippen molar-refractivity contribution in [3.8, 4) is 5.75 Å². The molecule has 0 spiro atoms. The maximum atomic E-state index is 13.6. The van der Waals surface area contributed by atoms with Crippen molar-refractivity contribution in [2.24, 2.45) is 0 Å². The Bertz CT molecular complexity index is 1600. The average Bonchev–Trinajstić information content (AvgIpc) is 3.26. The maximum absolute atomic E-state index is 13.6. The van der Waals surface area contributed by atoms with E-state index in [9.17, 15) is 18.0 Å². The van der Waals surface area contributed by atoms with E-state index in [4.69, 9.17) is 4.74 Å². The van der Waals surface area contributed by atoms with Crippen LogP contribution in [-0.2, 0) is 38.0 Å². The van der Waals surface area contributed by atoms with Crippen LogP contribution < -0.4 is 15.0 Å². The van der Waals surface area contributed by atoms with Crippen molar-refractivity contribution in [1.82, 2.24) is 10.3 Å². The van der Waals surface area contributed by atoms with E-state index in [2.05, 4.69) is 10.3 Å². The van der Waals surface area contributed by atoms with E-state index in [1.165, 1.54) is 4.90 Å². The third-order valence-corrected chi connectivity index (χ3v) is 8.32. The molecule has 2 heterocycles. The summed E-state index contributed by atoms with van der Waals surface area (Å²) < 4.78 is 32.1. The molecule has 8 nitrogen and oxygen atoms in total. The molecule has 0 aliphatic carbocycles. The van der Waals surface area contributed by atoms with Crippen molar-refractivity contribution < 1.29 is 25.6 Å². The molecule has 1 aliphatic heterocycles. The first kappa shape index (κ1) is 24.6. The molecule has 37 heavy (non-hydrogen) atoms. The summed E-state index contributed by atoms with van der Waals surface area (Å²) in [5, 5.41) is 3.58. The van der Waals surface area contributed by atoms with Crippen molar-refractivity contribution in [1.29, 1.82) is 0 Å². The second-order valence-corrected chi connectivity index (χ2v) is 11.1. The fraction of sp³-hybridized carbons (Fsp3) is 0.214. The highest BCUT2D eigenvalue weighted by Gasteiger charge is 2.30. The van der Waals surface area contributed by atoms with Crippen molar-refractivity contribution in [3.63, 3.8) is 0 Å². The molecule has 2 N–H and O–H groups in total. The molecular weight excluding hydrogens is 490 g/mol. The molecule has 0 unspecified atom stereocenters. The van der Waals surface area contributed by atoms with Gasteiger partial charge in [0.1, 0.15) is 16.8 Å². The fourth-order valence-electron chi connectivity index (χ4n) is 4.76. The number of fused-ring (bicyclic) bond motifs is 5. The van der Waals surface area contributed by atoms with Gasteiger partial charge in [-0.1, -0.05) is 42.5 Å². The summed E-state index contributed by atoms with van der Waals surface area (Å²) in [5.41, 5.74) is 3.07. The van der Waals surface area contributed by atoms with Gasteiger partial charge in [-0.3, -0.25) is 9.59 Å². The summed E-state index contributed by atoms with van der Waals surface area (Å²) in [6.45, 7) is 0. The molecular formula is C28H31N3O5S. The number of methoxy groups -OCH3 is 1. The lowest BCUT2D eigenvalue weighted by Gasteiger charge is -2.25. The summed E-state index contributed by atoms with van der Waals surface area (Å²) in [6.07, 6.45) is 0.0439. The van der Waals surface area contributed by atoms with E-state index in [0.29, 0.717) is 33.5 Å². The number of likely N-dealkylation sites (N-methyl/N-ethyl adjacent to an activating group) is 1. The number of carbonyl (C=O) groups is 2. The zero-order chi connectivity index (χ0) is 26.2. The summed E-state index contributed by atoms with van der Waals surface area (Å²) in [6, 6.07) is 20.6. The number of hydrogen-bond donors (Lipinski definition) is 2. The van der Waals surface area contributed by atoms with Crippen LogP contribution in [0.15, 0.2) is 77.8 Å². The Balaban J connectivity index is 0.00000210. The smallest absolute Gasteiger partial charge is 0.249 e. The second-order valence-electron chi connectivity index (χ2n) is 9.15. The number of para-hydroxylation sites is 1. The Morgan fingerprint density at radius 3 is 2.51 bits per heavy atom. The minimum atomic E-state index is -3.76. The van der Waals surface area contributed by atoms with Gasteiger partial charge in [0.15, 0.2) is 9.84 Å². The number of anilines is 1. The van der Waals surface area contributed by atoms with E-state index in [-0.39, 0.29) is 32.4 Å². The first-order chi connectivity index (χ1) is 17.7. The van der Waals surface area contributed by atoms with Gasteiger partial charge in [0.05, 0.1) is 19.3 Å². The standard InChI is InChI=1S/C28H27N3O5S.2H2/c1-31(20-10-12-21(36-2)13-11-20)28(33)25-15-18-6-5-7-19(14-18)17-37(34,35)27-23(16-26(32)29-25)22-8-3-4-9-24(22)30-27;;/h3-14,25,30H,15-17H2,1-2H3,(H,29,32);2*1H/t25-;;/m0../s1. The number of amides is 2. The minimum absolute atomic E-state index is 0.